The van der Waals surface area contributed by atoms with Gasteiger partial charge in [-0.15, -0.1) is 0 Å². The Kier molecular flexibility index (Phi) is 6.02. The van der Waals surface area contributed by atoms with E-state index in [1.54, 1.807) is 30.3 Å². The van der Waals surface area contributed by atoms with Gasteiger partial charge in [0.05, 0.1) is 11.1 Å². The van der Waals surface area contributed by atoms with E-state index in [0.717, 1.165) is 5.56 Å². The highest BCUT2D eigenvalue weighted by Gasteiger charge is 2.21. The first-order valence-corrected chi connectivity index (χ1v) is 10.5. The van der Waals surface area contributed by atoms with E-state index in [9.17, 15) is 13.2 Å². The lowest BCUT2D eigenvalue weighted by Crippen LogP contribution is -2.27. The van der Waals surface area contributed by atoms with Crippen LogP contribution < -0.4 is 10.0 Å². The fourth-order valence-corrected chi connectivity index (χ4v) is 4.26. The molecule has 0 fully saturated rings. The largest absolute Gasteiger partial charge is 0.346 e. The van der Waals surface area contributed by atoms with Gasteiger partial charge < -0.3 is 5.32 Å². The van der Waals surface area contributed by atoms with Crippen LogP contribution in [0.15, 0.2) is 83.8 Å². The summed E-state index contributed by atoms with van der Waals surface area (Å²) < 4.78 is 27.9. The topological polar surface area (TPSA) is 75.3 Å². The number of amides is 1. The number of para-hydroxylation sites is 1. The zero-order valence-corrected chi connectivity index (χ0v) is 16.7. The average Bonchev–Trinajstić information content (AvgIpc) is 2.69. The van der Waals surface area contributed by atoms with Crippen molar-refractivity contribution in [2.24, 2.45) is 0 Å². The third-order valence-electron chi connectivity index (χ3n) is 4.16. The lowest BCUT2D eigenvalue weighted by Gasteiger charge is -2.15. The Bertz CT molecular complexity index is 1070. The second-order valence-corrected chi connectivity index (χ2v) is 8.28. The van der Waals surface area contributed by atoms with Gasteiger partial charge in [-0.2, -0.15) is 0 Å². The minimum Gasteiger partial charge on any atom is -0.346 e. The van der Waals surface area contributed by atoms with Crippen LogP contribution in [0.2, 0.25) is 5.02 Å². The van der Waals surface area contributed by atoms with Crippen LogP contribution in [-0.4, -0.2) is 14.3 Å². The molecule has 5 nitrogen and oxygen atoms in total. The van der Waals surface area contributed by atoms with E-state index in [-0.39, 0.29) is 27.4 Å². The number of rotatable bonds is 6. The van der Waals surface area contributed by atoms with Crippen LogP contribution in [0.4, 0.5) is 5.69 Å². The van der Waals surface area contributed by atoms with Gasteiger partial charge in [0.1, 0.15) is 4.90 Å². The molecule has 1 amide bonds. The molecule has 2 N–H and O–H groups in total. The molecule has 144 valence electrons. The van der Waals surface area contributed by atoms with Crippen molar-refractivity contribution in [2.75, 3.05) is 4.72 Å². The third kappa shape index (κ3) is 4.71. The number of sulfonamides is 1. The van der Waals surface area contributed by atoms with Crippen molar-refractivity contribution in [1.29, 1.82) is 0 Å². The molecule has 0 saturated carbocycles. The lowest BCUT2D eigenvalue weighted by molar-refractivity contribution is 0.0939. The quantitative estimate of drug-likeness (QED) is 0.617. The minimum absolute atomic E-state index is 0.0380. The van der Waals surface area contributed by atoms with Crippen LogP contribution in [-0.2, 0) is 10.0 Å². The third-order valence-corrected chi connectivity index (χ3v) is 6.02. The number of carbonyl (C=O) groups excluding carboxylic acids is 1. The highest BCUT2D eigenvalue weighted by Crippen LogP contribution is 2.25. The molecule has 1 unspecified atom stereocenters. The van der Waals surface area contributed by atoms with E-state index in [4.69, 9.17) is 11.6 Å². The summed E-state index contributed by atoms with van der Waals surface area (Å²) in [5.74, 6) is -0.385. The van der Waals surface area contributed by atoms with Gasteiger partial charge in [-0.05, 0) is 42.8 Å². The van der Waals surface area contributed by atoms with Crippen LogP contribution in [0.25, 0.3) is 0 Å². The Labute approximate surface area is 169 Å². The molecule has 3 rings (SSSR count). The number of benzene rings is 3. The smallest absolute Gasteiger partial charge is 0.263 e. The van der Waals surface area contributed by atoms with Gasteiger partial charge in [0, 0.05) is 11.3 Å². The molecule has 0 aliphatic rings. The lowest BCUT2D eigenvalue weighted by atomic mass is 10.1. The summed E-state index contributed by atoms with van der Waals surface area (Å²) in [7, 11) is -3.94. The second kappa shape index (κ2) is 8.46. The molecule has 0 aromatic heterocycles. The van der Waals surface area contributed by atoms with Gasteiger partial charge in [0.25, 0.3) is 15.9 Å². The minimum atomic E-state index is -3.94. The normalized spacial score (nSPS) is 12.2. The standard InChI is InChI=1S/C21H19ClN2O3S/c1-15(16-8-4-2-5-9-16)23-21(25)17-12-13-19(22)20(14-17)28(26,27)24-18-10-6-3-7-11-18/h2-15,24H,1H3,(H,23,25). The summed E-state index contributed by atoms with van der Waals surface area (Å²) in [6, 6.07) is 21.9. The Morgan fingerprint density at radius 3 is 2.18 bits per heavy atom. The monoisotopic (exact) mass is 414 g/mol. The predicted octanol–water partition coefficient (Wildman–Crippen LogP) is 4.63. The molecule has 0 spiro atoms. The molecule has 0 heterocycles. The van der Waals surface area contributed by atoms with E-state index in [2.05, 4.69) is 10.0 Å². The van der Waals surface area contributed by atoms with Crippen LogP contribution >= 0.6 is 11.6 Å². The summed E-state index contributed by atoms with van der Waals surface area (Å²) in [4.78, 5) is 12.5. The molecular formula is C21H19ClN2O3S. The zero-order valence-electron chi connectivity index (χ0n) is 15.1. The predicted molar refractivity (Wildman–Crippen MR) is 111 cm³/mol. The molecular weight excluding hydrogens is 396 g/mol. The van der Waals surface area contributed by atoms with E-state index in [0.29, 0.717) is 5.69 Å². The van der Waals surface area contributed by atoms with Gasteiger partial charge in [0.15, 0.2) is 0 Å². The van der Waals surface area contributed by atoms with Crippen LogP contribution in [0, 0.1) is 0 Å². The van der Waals surface area contributed by atoms with Crippen molar-refractivity contribution in [3.05, 3.63) is 95.0 Å². The Morgan fingerprint density at radius 1 is 0.929 bits per heavy atom. The second-order valence-electron chi connectivity index (χ2n) is 6.22. The Hall–Kier alpha value is -2.83. The number of carbonyl (C=O) groups is 1. The van der Waals surface area contributed by atoms with Crippen molar-refractivity contribution < 1.29 is 13.2 Å². The Balaban J connectivity index is 1.83. The molecule has 0 saturated heterocycles. The van der Waals surface area contributed by atoms with Crippen molar-refractivity contribution >= 4 is 33.2 Å². The highest BCUT2D eigenvalue weighted by molar-refractivity contribution is 7.92. The van der Waals surface area contributed by atoms with E-state index in [1.165, 1.54) is 18.2 Å². The number of hydrogen-bond acceptors (Lipinski definition) is 3. The van der Waals surface area contributed by atoms with Gasteiger partial charge in [0.2, 0.25) is 0 Å². The number of anilines is 1. The van der Waals surface area contributed by atoms with Gasteiger partial charge in [-0.1, -0.05) is 60.1 Å². The first kappa shape index (κ1) is 19.9. The van der Waals surface area contributed by atoms with E-state index >= 15 is 0 Å². The fourth-order valence-electron chi connectivity index (χ4n) is 2.67. The summed E-state index contributed by atoms with van der Waals surface area (Å²) in [6.07, 6.45) is 0. The van der Waals surface area contributed by atoms with Crippen LogP contribution in [0.3, 0.4) is 0 Å². The molecule has 0 bridgehead atoms. The molecule has 28 heavy (non-hydrogen) atoms. The van der Waals surface area contributed by atoms with Crippen molar-refractivity contribution in [1.82, 2.24) is 5.32 Å². The van der Waals surface area contributed by atoms with Crippen LogP contribution in [0.1, 0.15) is 28.9 Å². The Morgan fingerprint density at radius 2 is 1.54 bits per heavy atom. The van der Waals surface area contributed by atoms with Gasteiger partial charge >= 0.3 is 0 Å². The maximum atomic E-state index is 12.7. The number of hydrogen-bond donors (Lipinski definition) is 2. The molecule has 0 aliphatic heterocycles. The first-order chi connectivity index (χ1) is 13.4. The molecule has 1 atom stereocenters. The molecule has 0 radical (unpaired) electrons. The molecule has 0 aliphatic carbocycles. The van der Waals surface area contributed by atoms with Crippen LogP contribution in [0.5, 0.6) is 0 Å². The van der Waals surface area contributed by atoms with Gasteiger partial charge in [-0.3, -0.25) is 9.52 Å². The zero-order chi connectivity index (χ0) is 20.1. The molecule has 3 aromatic carbocycles. The van der Waals surface area contributed by atoms with E-state index in [1.807, 2.05) is 37.3 Å². The number of nitrogens with one attached hydrogen (secondary N) is 2. The first-order valence-electron chi connectivity index (χ1n) is 8.60. The van der Waals surface area contributed by atoms with E-state index < -0.39 is 10.0 Å². The fraction of sp³-hybridized carbons (Fsp3) is 0.0952. The summed E-state index contributed by atoms with van der Waals surface area (Å²) >= 11 is 6.10. The summed E-state index contributed by atoms with van der Waals surface area (Å²) in [6.45, 7) is 1.86. The van der Waals surface area contributed by atoms with Crippen molar-refractivity contribution in [3.63, 3.8) is 0 Å². The molecule has 3 aromatic rings. The van der Waals surface area contributed by atoms with Crippen molar-refractivity contribution in [3.8, 4) is 0 Å². The molecule has 7 heteroatoms. The summed E-state index contributed by atoms with van der Waals surface area (Å²) in [5, 5.41) is 2.90. The number of halogens is 1. The van der Waals surface area contributed by atoms with Crippen molar-refractivity contribution in [2.45, 2.75) is 17.9 Å². The SMILES string of the molecule is CC(NC(=O)c1ccc(Cl)c(S(=O)(=O)Nc2ccccc2)c1)c1ccccc1. The highest BCUT2D eigenvalue weighted by atomic mass is 35.5. The summed E-state index contributed by atoms with van der Waals surface area (Å²) in [5.41, 5.74) is 1.56. The average molecular weight is 415 g/mol. The maximum absolute atomic E-state index is 12.7. The maximum Gasteiger partial charge on any atom is 0.263 e. The van der Waals surface area contributed by atoms with Gasteiger partial charge in [-0.25, -0.2) is 8.42 Å².